The van der Waals surface area contributed by atoms with E-state index >= 15 is 0 Å². The molecule has 34 heavy (non-hydrogen) atoms. The maximum Gasteiger partial charge on any atom is 0.245 e. The molecule has 2 aromatic carbocycles. The van der Waals surface area contributed by atoms with E-state index in [-0.39, 0.29) is 10.7 Å². The third kappa shape index (κ3) is 3.68. The van der Waals surface area contributed by atoms with Crippen LogP contribution in [-0.4, -0.2) is 76.8 Å². The summed E-state index contributed by atoms with van der Waals surface area (Å²) in [6.45, 7) is 5.55. The molecule has 2 aromatic rings. The van der Waals surface area contributed by atoms with Gasteiger partial charge >= 0.3 is 0 Å². The number of anilines is 1. The van der Waals surface area contributed by atoms with Crippen molar-refractivity contribution in [2.75, 3.05) is 57.9 Å². The Morgan fingerprint density at radius 1 is 1.06 bits per heavy atom. The van der Waals surface area contributed by atoms with Crippen LogP contribution < -0.4 is 9.64 Å². The zero-order valence-corrected chi connectivity index (χ0v) is 20.3. The molecule has 0 amide bonds. The molecule has 0 aliphatic carbocycles. The van der Waals surface area contributed by atoms with Crippen molar-refractivity contribution in [2.24, 2.45) is 0 Å². The van der Waals surface area contributed by atoms with Gasteiger partial charge in [-0.15, -0.1) is 0 Å². The molecule has 0 aromatic heterocycles. The Morgan fingerprint density at radius 2 is 1.74 bits per heavy atom. The van der Waals surface area contributed by atoms with Gasteiger partial charge in [0.05, 0.1) is 30.8 Å². The van der Waals surface area contributed by atoms with Crippen molar-refractivity contribution >= 4 is 15.7 Å². The van der Waals surface area contributed by atoms with Gasteiger partial charge in [0, 0.05) is 38.4 Å². The van der Waals surface area contributed by atoms with Crippen LogP contribution in [0.25, 0.3) is 0 Å². The summed E-state index contributed by atoms with van der Waals surface area (Å²) in [5, 5.41) is 0. The Bertz CT molecular complexity index is 1130. The highest BCUT2D eigenvalue weighted by Gasteiger charge is 2.61. The predicted molar refractivity (Wildman–Crippen MR) is 125 cm³/mol. The number of piperazine rings is 1. The minimum absolute atomic E-state index is 0.170. The van der Waals surface area contributed by atoms with E-state index in [9.17, 15) is 12.8 Å². The zero-order valence-electron chi connectivity index (χ0n) is 19.4. The average molecular weight is 492 g/mol. The second-order valence-corrected chi connectivity index (χ2v) is 10.5. The third-order valence-corrected chi connectivity index (χ3v) is 8.66. The summed E-state index contributed by atoms with van der Waals surface area (Å²) in [5.41, 5.74) is 1.38. The molecule has 0 bridgehead atoms. The highest BCUT2D eigenvalue weighted by Crippen LogP contribution is 2.51. The van der Waals surface area contributed by atoms with E-state index in [1.54, 1.807) is 30.3 Å². The van der Waals surface area contributed by atoms with Gasteiger partial charge in [0.15, 0.2) is 0 Å². The minimum atomic E-state index is -3.81. The van der Waals surface area contributed by atoms with Crippen LogP contribution in [-0.2, 0) is 25.3 Å². The standard InChI is InChI=1S/C24H30FN3O5S/c1-3-11-28-23(27-14-12-26(13-15-27)19-9-7-18(25)8-10-19)24(32-16-17-33-24)22-20(31-2)5-4-6-21(22)34(28,29)30/h4-10,23H,3,11-17H2,1-2H3. The topological polar surface area (TPSA) is 71.6 Å². The molecule has 2 fully saturated rings. The Hall–Kier alpha value is -2.24. The fourth-order valence-corrected chi connectivity index (χ4v) is 7.26. The van der Waals surface area contributed by atoms with E-state index < -0.39 is 22.0 Å². The number of nitrogens with zero attached hydrogens (tertiary/aromatic N) is 3. The number of halogens is 1. The van der Waals surface area contributed by atoms with Gasteiger partial charge in [-0.05, 0) is 42.8 Å². The third-order valence-electron chi connectivity index (χ3n) is 6.77. The van der Waals surface area contributed by atoms with Gasteiger partial charge in [-0.1, -0.05) is 13.0 Å². The molecule has 1 spiro atoms. The Balaban J connectivity index is 1.55. The van der Waals surface area contributed by atoms with Crippen LogP contribution in [0.4, 0.5) is 10.1 Å². The summed E-state index contributed by atoms with van der Waals surface area (Å²) in [6, 6.07) is 11.5. The minimum Gasteiger partial charge on any atom is -0.496 e. The fraction of sp³-hybridized carbons (Fsp3) is 0.500. The van der Waals surface area contributed by atoms with Crippen molar-refractivity contribution < 1.29 is 27.0 Å². The van der Waals surface area contributed by atoms with Crippen molar-refractivity contribution in [3.63, 3.8) is 0 Å². The molecule has 1 unspecified atom stereocenters. The number of methoxy groups -OCH3 is 1. The van der Waals surface area contributed by atoms with E-state index in [1.165, 1.54) is 23.5 Å². The summed E-state index contributed by atoms with van der Waals surface area (Å²) in [7, 11) is -2.29. The summed E-state index contributed by atoms with van der Waals surface area (Å²) >= 11 is 0. The Kier molecular flexibility index (Phi) is 6.28. The van der Waals surface area contributed by atoms with Gasteiger partial charge in [0.25, 0.3) is 0 Å². The first-order valence-electron chi connectivity index (χ1n) is 11.6. The lowest BCUT2D eigenvalue weighted by molar-refractivity contribution is -0.242. The van der Waals surface area contributed by atoms with Gasteiger partial charge in [-0.25, -0.2) is 12.8 Å². The van der Waals surface area contributed by atoms with Crippen LogP contribution in [0.2, 0.25) is 0 Å². The van der Waals surface area contributed by atoms with Gasteiger partial charge in [0.1, 0.15) is 17.7 Å². The van der Waals surface area contributed by atoms with E-state index in [2.05, 4.69) is 9.80 Å². The number of sulfonamides is 1. The van der Waals surface area contributed by atoms with E-state index in [1.807, 2.05) is 6.92 Å². The smallest absolute Gasteiger partial charge is 0.245 e. The van der Waals surface area contributed by atoms with Crippen molar-refractivity contribution in [2.45, 2.75) is 30.2 Å². The highest BCUT2D eigenvalue weighted by atomic mass is 32.2. The molecule has 1 atom stereocenters. The largest absolute Gasteiger partial charge is 0.496 e. The van der Waals surface area contributed by atoms with Crippen LogP contribution in [0.3, 0.4) is 0 Å². The van der Waals surface area contributed by atoms with Gasteiger partial charge in [-0.2, -0.15) is 4.31 Å². The summed E-state index contributed by atoms with van der Waals surface area (Å²) < 4.78 is 60.8. The maximum absolute atomic E-state index is 13.9. The molecule has 0 radical (unpaired) electrons. The summed E-state index contributed by atoms with van der Waals surface area (Å²) in [6.07, 6.45) is -0.0141. The normalized spacial score (nSPS) is 24.3. The number of ether oxygens (including phenoxy) is 3. The molecule has 0 saturated carbocycles. The van der Waals surface area contributed by atoms with E-state index in [0.717, 1.165) is 5.69 Å². The van der Waals surface area contributed by atoms with Gasteiger partial charge < -0.3 is 19.1 Å². The number of benzene rings is 2. The molecule has 0 N–H and O–H groups in total. The van der Waals surface area contributed by atoms with Crippen LogP contribution in [0, 0.1) is 5.82 Å². The first kappa shape index (κ1) is 23.5. The monoisotopic (exact) mass is 491 g/mol. The van der Waals surface area contributed by atoms with Crippen LogP contribution in [0.1, 0.15) is 18.9 Å². The number of fused-ring (bicyclic) bond motifs is 2. The first-order chi connectivity index (χ1) is 16.4. The van der Waals surface area contributed by atoms with E-state index in [0.29, 0.717) is 63.7 Å². The maximum atomic E-state index is 13.9. The SMILES string of the molecule is CCCN1C(N2CCN(c3ccc(F)cc3)CC2)C2(OCCO2)c2c(OC)cccc2S1(=O)=O. The van der Waals surface area contributed by atoms with Crippen molar-refractivity contribution in [1.29, 1.82) is 0 Å². The molecular formula is C24H30FN3O5S. The number of hydrogen-bond donors (Lipinski definition) is 0. The molecule has 3 heterocycles. The molecule has 184 valence electrons. The van der Waals surface area contributed by atoms with E-state index in [4.69, 9.17) is 14.2 Å². The lowest BCUT2D eigenvalue weighted by Gasteiger charge is -2.52. The Morgan fingerprint density at radius 3 is 2.35 bits per heavy atom. The van der Waals surface area contributed by atoms with Crippen LogP contribution >= 0.6 is 0 Å². The number of rotatable bonds is 5. The lowest BCUT2D eigenvalue weighted by Crippen LogP contribution is -2.67. The molecule has 3 aliphatic rings. The van der Waals surface area contributed by atoms with Crippen LogP contribution in [0.5, 0.6) is 5.75 Å². The molecular weight excluding hydrogens is 461 g/mol. The highest BCUT2D eigenvalue weighted by molar-refractivity contribution is 7.89. The van der Waals surface area contributed by atoms with Gasteiger partial charge in [0.2, 0.25) is 15.8 Å². The fourth-order valence-electron chi connectivity index (χ4n) is 5.30. The van der Waals surface area contributed by atoms with Crippen molar-refractivity contribution in [1.82, 2.24) is 9.21 Å². The second kappa shape index (κ2) is 9.09. The molecule has 3 aliphatic heterocycles. The summed E-state index contributed by atoms with van der Waals surface area (Å²) in [4.78, 5) is 4.48. The molecule has 5 rings (SSSR count). The molecule has 8 nitrogen and oxygen atoms in total. The zero-order chi connectivity index (χ0) is 23.9. The average Bonchev–Trinajstić information content (AvgIpc) is 3.33. The van der Waals surface area contributed by atoms with Crippen LogP contribution in [0.15, 0.2) is 47.4 Å². The number of hydrogen-bond acceptors (Lipinski definition) is 7. The van der Waals surface area contributed by atoms with Crippen molar-refractivity contribution in [3.8, 4) is 5.75 Å². The van der Waals surface area contributed by atoms with Gasteiger partial charge in [-0.3, -0.25) is 4.90 Å². The first-order valence-corrected chi connectivity index (χ1v) is 13.1. The van der Waals surface area contributed by atoms with Crippen molar-refractivity contribution in [3.05, 3.63) is 53.8 Å². The Labute approximate surface area is 199 Å². The molecule has 2 saturated heterocycles. The second-order valence-electron chi connectivity index (χ2n) is 8.69. The molecule has 10 heteroatoms. The quantitative estimate of drug-likeness (QED) is 0.637. The summed E-state index contributed by atoms with van der Waals surface area (Å²) in [5.74, 6) is -1.11. The predicted octanol–water partition coefficient (Wildman–Crippen LogP) is 2.60. The lowest BCUT2D eigenvalue weighted by atomic mass is 9.98.